The van der Waals surface area contributed by atoms with Gasteiger partial charge in [-0.15, -0.1) is 0 Å². The van der Waals surface area contributed by atoms with Crippen LogP contribution in [0.25, 0.3) is 0 Å². The van der Waals surface area contributed by atoms with E-state index in [2.05, 4.69) is 4.74 Å². The van der Waals surface area contributed by atoms with Gasteiger partial charge in [0.2, 0.25) is 6.17 Å². The lowest BCUT2D eigenvalue weighted by Crippen LogP contribution is -2.31. The molecule has 0 fully saturated rings. The van der Waals surface area contributed by atoms with Crippen LogP contribution in [0, 0.1) is 0 Å². The molecule has 0 radical (unpaired) electrons. The van der Waals surface area contributed by atoms with Gasteiger partial charge in [-0.05, 0) is 24.6 Å². The van der Waals surface area contributed by atoms with Crippen LogP contribution in [-0.2, 0) is 14.3 Å². The summed E-state index contributed by atoms with van der Waals surface area (Å²) < 4.78 is 23.0. The van der Waals surface area contributed by atoms with E-state index in [1.165, 1.54) is 19.1 Å². The summed E-state index contributed by atoms with van der Waals surface area (Å²) in [5.41, 5.74) is 5.77. The van der Waals surface area contributed by atoms with Gasteiger partial charge in [0.25, 0.3) is 0 Å². The summed E-state index contributed by atoms with van der Waals surface area (Å²) >= 11 is 0. The van der Waals surface area contributed by atoms with E-state index in [1.807, 2.05) is 0 Å². The lowest BCUT2D eigenvalue weighted by Gasteiger charge is -2.16. The highest BCUT2D eigenvalue weighted by Crippen LogP contribution is 2.30. The summed E-state index contributed by atoms with van der Waals surface area (Å²) in [4.78, 5) is 22.0. The summed E-state index contributed by atoms with van der Waals surface area (Å²) in [5.74, 6) is -2.11. The molecule has 0 spiro atoms. The van der Waals surface area contributed by atoms with E-state index in [9.17, 15) is 19.1 Å². The third-order valence-electron chi connectivity index (χ3n) is 2.45. The molecular weight excluding hydrogens is 269 g/mol. The summed E-state index contributed by atoms with van der Waals surface area (Å²) in [6.07, 6.45) is -2.05. The van der Waals surface area contributed by atoms with Crippen molar-refractivity contribution < 1.29 is 28.6 Å². The number of carbonyl (C=O) groups is 2. The smallest absolute Gasteiger partial charge is 0.342 e. The molecule has 1 unspecified atom stereocenters. The molecule has 0 amide bonds. The topological polar surface area (TPSA) is 98.9 Å². The first-order valence-electron chi connectivity index (χ1n) is 5.94. The fraction of sp³-hybridized carbons (Fsp3) is 0.385. The van der Waals surface area contributed by atoms with Crippen molar-refractivity contribution in [3.8, 4) is 11.5 Å². The van der Waals surface area contributed by atoms with Gasteiger partial charge in [0, 0.05) is 6.92 Å². The van der Waals surface area contributed by atoms with Gasteiger partial charge in [-0.25, -0.2) is 9.18 Å². The second-order valence-electron chi connectivity index (χ2n) is 4.00. The zero-order valence-corrected chi connectivity index (χ0v) is 11.1. The number of halogens is 1. The number of rotatable bonds is 5. The minimum atomic E-state index is -2.05. The van der Waals surface area contributed by atoms with E-state index in [0.29, 0.717) is 0 Å². The number of phenols is 1. The Balaban J connectivity index is 2.89. The first-order valence-corrected chi connectivity index (χ1v) is 5.94. The summed E-state index contributed by atoms with van der Waals surface area (Å²) in [5, 5.41) is 9.64. The molecule has 0 saturated heterocycles. The third kappa shape index (κ3) is 3.92. The first kappa shape index (κ1) is 15.9. The van der Waals surface area contributed by atoms with Crippen LogP contribution in [0.15, 0.2) is 18.2 Å². The van der Waals surface area contributed by atoms with Gasteiger partial charge in [-0.1, -0.05) is 6.07 Å². The van der Waals surface area contributed by atoms with Crippen LogP contribution in [0.3, 0.4) is 0 Å². The predicted molar refractivity (Wildman–Crippen MR) is 67.9 cm³/mol. The van der Waals surface area contributed by atoms with Gasteiger partial charge in [0.1, 0.15) is 0 Å². The first-order chi connectivity index (χ1) is 9.36. The quantitative estimate of drug-likeness (QED) is 0.623. The van der Waals surface area contributed by atoms with Crippen LogP contribution < -0.4 is 10.5 Å². The number of carbonyl (C=O) groups excluding carboxylic acids is 2. The minimum absolute atomic E-state index is 0.0443. The van der Waals surface area contributed by atoms with Crippen molar-refractivity contribution in [3.05, 3.63) is 23.8 Å². The van der Waals surface area contributed by atoms with Gasteiger partial charge in [0.15, 0.2) is 11.5 Å². The van der Waals surface area contributed by atoms with Gasteiger partial charge >= 0.3 is 11.9 Å². The zero-order chi connectivity index (χ0) is 15.3. The van der Waals surface area contributed by atoms with Crippen molar-refractivity contribution in [2.75, 3.05) is 6.61 Å². The number of phenolic OH excluding ortho intramolecular Hbond substituents is 1. The maximum Gasteiger partial charge on any atom is 0.342 e. The molecule has 3 N–H and O–H groups in total. The zero-order valence-electron chi connectivity index (χ0n) is 11.1. The highest BCUT2D eigenvalue weighted by atomic mass is 19.1. The van der Waals surface area contributed by atoms with Gasteiger partial charge in [-0.3, -0.25) is 4.79 Å². The standard InChI is InChI=1S/C13H16FNO5/c1-3-19-13(18)11(14)12(15)8-4-5-10(9(17)6-8)20-7(2)16/h4-6,11-12,17H,3,15H2,1-2H3/t11?,12-/m1/s1. The number of nitrogens with two attached hydrogens (primary N) is 1. The van der Waals surface area contributed by atoms with Crippen molar-refractivity contribution in [2.45, 2.75) is 26.1 Å². The van der Waals surface area contributed by atoms with Gasteiger partial charge in [-0.2, -0.15) is 0 Å². The highest BCUT2D eigenvalue weighted by Gasteiger charge is 2.28. The Morgan fingerprint density at radius 3 is 2.60 bits per heavy atom. The van der Waals surface area contributed by atoms with Crippen LogP contribution in [0.2, 0.25) is 0 Å². The Morgan fingerprint density at radius 2 is 2.10 bits per heavy atom. The van der Waals surface area contributed by atoms with E-state index in [1.54, 1.807) is 6.92 Å². The summed E-state index contributed by atoms with van der Waals surface area (Å²) in [7, 11) is 0. The SMILES string of the molecule is CCOC(=O)C(F)[C@H](N)c1ccc(OC(C)=O)c(O)c1. The van der Waals surface area contributed by atoms with Crippen molar-refractivity contribution in [2.24, 2.45) is 5.73 Å². The van der Waals surface area contributed by atoms with Gasteiger partial charge < -0.3 is 20.3 Å². The number of ether oxygens (including phenoxy) is 2. The third-order valence-corrected chi connectivity index (χ3v) is 2.45. The van der Waals surface area contributed by atoms with Crippen LogP contribution in [-0.4, -0.2) is 29.8 Å². The molecule has 0 heterocycles. The Bertz CT molecular complexity index is 506. The minimum Gasteiger partial charge on any atom is -0.504 e. The van der Waals surface area contributed by atoms with Crippen LogP contribution in [0.4, 0.5) is 4.39 Å². The van der Waals surface area contributed by atoms with Crippen molar-refractivity contribution in [3.63, 3.8) is 0 Å². The number of aromatic hydroxyl groups is 1. The van der Waals surface area contributed by atoms with E-state index in [-0.39, 0.29) is 23.7 Å². The fourth-order valence-electron chi connectivity index (χ4n) is 1.52. The molecule has 2 atom stereocenters. The lowest BCUT2D eigenvalue weighted by atomic mass is 10.0. The maximum absolute atomic E-state index is 13.7. The molecule has 7 heteroatoms. The molecule has 110 valence electrons. The molecule has 0 aliphatic carbocycles. The average Bonchev–Trinajstić information content (AvgIpc) is 2.39. The van der Waals surface area contributed by atoms with E-state index in [4.69, 9.17) is 10.5 Å². The monoisotopic (exact) mass is 285 g/mol. The van der Waals surface area contributed by atoms with E-state index in [0.717, 1.165) is 6.07 Å². The molecule has 20 heavy (non-hydrogen) atoms. The van der Waals surface area contributed by atoms with E-state index < -0.39 is 24.2 Å². The average molecular weight is 285 g/mol. The number of hydrogen-bond acceptors (Lipinski definition) is 6. The fourth-order valence-corrected chi connectivity index (χ4v) is 1.52. The number of alkyl halides is 1. The van der Waals surface area contributed by atoms with Gasteiger partial charge in [0.05, 0.1) is 12.6 Å². The normalized spacial score (nSPS) is 13.4. The molecule has 0 bridgehead atoms. The van der Waals surface area contributed by atoms with Crippen LogP contribution in [0.5, 0.6) is 11.5 Å². The van der Waals surface area contributed by atoms with Crippen LogP contribution >= 0.6 is 0 Å². The number of esters is 2. The maximum atomic E-state index is 13.7. The Kier molecular flexibility index (Phi) is 5.45. The predicted octanol–water partition coefficient (Wildman–Crippen LogP) is 1.22. The molecule has 0 aromatic heterocycles. The Labute approximate surface area is 115 Å². The Morgan fingerprint density at radius 1 is 1.45 bits per heavy atom. The molecule has 6 nitrogen and oxygen atoms in total. The largest absolute Gasteiger partial charge is 0.504 e. The molecule has 1 aromatic carbocycles. The molecule has 0 aliphatic heterocycles. The number of hydrogen-bond donors (Lipinski definition) is 2. The van der Waals surface area contributed by atoms with Crippen LogP contribution in [0.1, 0.15) is 25.5 Å². The van der Waals surface area contributed by atoms with Crippen molar-refractivity contribution in [1.29, 1.82) is 0 Å². The molecule has 0 aliphatic rings. The molecule has 0 saturated carbocycles. The second kappa shape index (κ2) is 6.85. The molecule has 1 aromatic rings. The molecular formula is C13H16FNO5. The van der Waals surface area contributed by atoms with Crippen molar-refractivity contribution >= 4 is 11.9 Å². The summed E-state index contributed by atoms with van der Waals surface area (Å²) in [6.45, 7) is 2.77. The van der Waals surface area contributed by atoms with Crippen molar-refractivity contribution in [1.82, 2.24) is 0 Å². The molecule has 1 rings (SSSR count). The highest BCUT2D eigenvalue weighted by molar-refractivity contribution is 5.76. The number of benzene rings is 1. The second-order valence-corrected chi connectivity index (χ2v) is 4.00. The Hall–Kier alpha value is -2.15. The lowest BCUT2D eigenvalue weighted by molar-refractivity contribution is -0.150. The summed E-state index contributed by atoms with van der Waals surface area (Å²) in [6, 6.07) is 2.47. The van der Waals surface area contributed by atoms with E-state index >= 15 is 0 Å².